The summed E-state index contributed by atoms with van der Waals surface area (Å²) in [7, 11) is 0. The number of alkyl halides is 3. The fourth-order valence-electron chi connectivity index (χ4n) is 1.13. The van der Waals surface area contributed by atoms with Crippen LogP contribution in [0.4, 0.5) is 17.6 Å². The Morgan fingerprint density at radius 2 is 2.00 bits per heavy atom. The predicted octanol–water partition coefficient (Wildman–Crippen LogP) is 2.82. The summed E-state index contributed by atoms with van der Waals surface area (Å²) in [4.78, 5) is 0. The highest BCUT2D eigenvalue weighted by Crippen LogP contribution is 2.28. The first-order valence-corrected chi connectivity index (χ1v) is 4.49. The molecule has 0 saturated heterocycles. The number of hydrogen-bond acceptors (Lipinski definition) is 2. The van der Waals surface area contributed by atoms with Crippen molar-refractivity contribution >= 4 is 0 Å². The highest BCUT2D eigenvalue weighted by molar-refractivity contribution is 5.32. The highest BCUT2D eigenvalue weighted by Gasteiger charge is 2.32. The van der Waals surface area contributed by atoms with E-state index in [0.717, 1.165) is 12.1 Å². The van der Waals surface area contributed by atoms with Gasteiger partial charge in [0, 0.05) is 12.5 Å². The Kier molecular flexibility index (Phi) is 3.74. The molecule has 90 valence electrons. The smallest absolute Gasteiger partial charge is 0.403 e. The van der Waals surface area contributed by atoms with Crippen molar-refractivity contribution in [2.24, 2.45) is 0 Å². The van der Waals surface area contributed by atoms with Gasteiger partial charge in [0.1, 0.15) is 0 Å². The van der Waals surface area contributed by atoms with Crippen LogP contribution >= 0.6 is 0 Å². The molecule has 1 unspecified atom stereocenters. The topological polar surface area (TPSA) is 29.5 Å². The van der Waals surface area contributed by atoms with Gasteiger partial charge in [-0.25, -0.2) is 4.39 Å². The number of benzene rings is 1. The van der Waals surface area contributed by atoms with Crippen LogP contribution in [0.3, 0.4) is 0 Å². The lowest BCUT2D eigenvalue weighted by Gasteiger charge is -2.13. The second-order valence-electron chi connectivity index (χ2n) is 3.32. The number of rotatable bonds is 3. The number of hydrogen-bond donors (Lipinski definition) is 1. The Morgan fingerprint density at radius 3 is 2.50 bits per heavy atom. The standard InChI is InChI=1S/C10H10F4O2/c1-6(5-15)7-2-3-8(11)9(4-7)16-10(12,13)14/h2-4,6,15H,5H2,1H3. The van der Waals surface area contributed by atoms with Gasteiger partial charge in [0.05, 0.1) is 0 Å². The third-order valence-electron chi connectivity index (χ3n) is 2.02. The molecule has 1 rings (SSSR count). The van der Waals surface area contributed by atoms with E-state index in [-0.39, 0.29) is 12.5 Å². The van der Waals surface area contributed by atoms with E-state index in [1.165, 1.54) is 6.07 Å². The van der Waals surface area contributed by atoms with Gasteiger partial charge in [-0.3, -0.25) is 0 Å². The van der Waals surface area contributed by atoms with Crippen molar-refractivity contribution in [1.82, 2.24) is 0 Å². The van der Waals surface area contributed by atoms with Crippen molar-refractivity contribution in [3.8, 4) is 5.75 Å². The summed E-state index contributed by atoms with van der Waals surface area (Å²) in [6, 6.07) is 3.12. The molecule has 0 fully saturated rings. The molecule has 0 heterocycles. The van der Waals surface area contributed by atoms with Gasteiger partial charge >= 0.3 is 6.36 Å². The van der Waals surface area contributed by atoms with Crippen molar-refractivity contribution in [3.63, 3.8) is 0 Å². The van der Waals surface area contributed by atoms with Gasteiger partial charge in [0.2, 0.25) is 0 Å². The lowest BCUT2D eigenvalue weighted by molar-refractivity contribution is -0.275. The van der Waals surface area contributed by atoms with Gasteiger partial charge in [-0.15, -0.1) is 13.2 Å². The molecule has 0 radical (unpaired) electrons. The van der Waals surface area contributed by atoms with Crippen molar-refractivity contribution < 1.29 is 27.4 Å². The maximum Gasteiger partial charge on any atom is 0.573 e. The Hall–Kier alpha value is -1.30. The number of halogens is 4. The minimum atomic E-state index is -4.93. The largest absolute Gasteiger partial charge is 0.573 e. The molecule has 1 N–H and O–H groups in total. The molecule has 0 bridgehead atoms. The van der Waals surface area contributed by atoms with Crippen molar-refractivity contribution in [2.75, 3.05) is 6.61 Å². The molecule has 0 spiro atoms. The molecule has 0 aliphatic carbocycles. The molecule has 2 nitrogen and oxygen atoms in total. The van der Waals surface area contributed by atoms with Crippen LogP contribution in [-0.4, -0.2) is 18.1 Å². The summed E-state index contributed by atoms with van der Waals surface area (Å²) in [6.45, 7) is 1.36. The summed E-state index contributed by atoms with van der Waals surface area (Å²) in [5.74, 6) is -2.35. The van der Waals surface area contributed by atoms with Crippen LogP contribution < -0.4 is 4.74 Å². The number of aliphatic hydroxyl groups is 1. The van der Waals surface area contributed by atoms with E-state index < -0.39 is 17.9 Å². The second-order valence-corrected chi connectivity index (χ2v) is 3.32. The van der Waals surface area contributed by atoms with E-state index in [4.69, 9.17) is 5.11 Å². The predicted molar refractivity (Wildman–Crippen MR) is 48.6 cm³/mol. The third kappa shape index (κ3) is 3.37. The summed E-state index contributed by atoms with van der Waals surface area (Å²) in [5.41, 5.74) is 0.378. The van der Waals surface area contributed by atoms with E-state index in [1.54, 1.807) is 6.92 Å². The van der Waals surface area contributed by atoms with Crippen LogP contribution in [0.5, 0.6) is 5.75 Å². The Bertz CT molecular complexity index is 362. The molecule has 0 aromatic heterocycles. The van der Waals surface area contributed by atoms with Gasteiger partial charge in [-0.1, -0.05) is 13.0 Å². The maximum absolute atomic E-state index is 13.0. The number of aliphatic hydroxyl groups excluding tert-OH is 1. The zero-order chi connectivity index (χ0) is 12.3. The van der Waals surface area contributed by atoms with E-state index in [0.29, 0.717) is 5.56 Å². The molecular weight excluding hydrogens is 228 g/mol. The van der Waals surface area contributed by atoms with Gasteiger partial charge < -0.3 is 9.84 Å². The van der Waals surface area contributed by atoms with Crippen LogP contribution in [0, 0.1) is 5.82 Å². The first-order chi connectivity index (χ1) is 7.33. The summed E-state index contributed by atoms with van der Waals surface area (Å²) in [6.07, 6.45) is -4.93. The molecular formula is C10H10F4O2. The Balaban J connectivity index is 2.99. The van der Waals surface area contributed by atoms with Gasteiger partial charge in [-0.05, 0) is 17.7 Å². The molecule has 1 aromatic carbocycles. The van der Waals surface area contributed by atoms with Crippen molar-refractivity contribution in [2.45, 2.75) is 19.2 Å². The van der Waals surface area contributed by atoms with Gasteiger partial charge in [-0.2, -0.15) is 0 Å². The quantitative estimate of drug-likeness (QED) is 0.820. The normalized spacial score (nSPS) is 13.6. The molecule has 6 heteroatoms. The lowest BCUT2D eigenvalue weighted by atomic mass is 10.0. The molecule has 1 atom stereocenters. The Morgan fingerprint density at radius 1 is 1.38 bits per heavy atom. The average Bonchev–Trinajstić information content (AvgIpc) is 2.18. The molecule has 0 aliphatic rings. The minimum absolute atomic E-state index is 0.239. The fraction of sp³-hybridized carbons (Fsp3) is 0.400. The highest BCUT2D eigenvalue weighted by atomic mass is 19.4. The zero-order valence-corrected chi connectivity index (χ0v) is 8.38. The van der Waals surface area contributed by atoms with E-state index in [9.17, 15) is 17.6 Å². The SMILES string of the molecule is CC(CO)c1ccc(F)c(OC(F)(F)F)c1. The maximum atomic E-state index is 13.0. The van der Waals surface area contributed by atoms with Crippen LogP contribution in [0.15, 0.2) is 18.2 Å². The van der Waals surface area contributed by atoms with Crippen LogP contribution in [0.1, 0.15) is 18.4 Å². The van der Waals surface area contributed by atoms with E-state index in [1.807, 2.05) is 0 Å². The van der Waals surface area contributed by atoms with Crippen molar-refractivity contribution in [3.05, 3.63) is 29.6 Å². The van der Waals surface area contributed by atoms with E-state index in [2.05, 4.69) is 4.74 Å². The summed E-state index contributed by atoms with van der Waals surface area (Å²) in [5, 5.41) is 8.82. The third-order valence-corrected chi connectivity index (χ3v) is 2.02. The monoisotopic (exact) mass is 238 g/mol. The Labute approximate surface area is 89.5 Å². The minimum Gasteiger partial charge on any atom is -0.403 e. The first kappa shape index (κ1) is 12.8. The fourth-order valence-corrected chi connectivity index (χ4v) is 1.13. The second kappa shape index (κ2) is 4.69. The molecule has 16 heavy (non-hydrogen) atoms. The first-order valence-electron chi connectivity index (χ1n) is 4.49. The van der Waals surface area contributed by atoms with Gasteiger partial charge in [0.15, 0.2) is 11.6 Å². The lowest BCUT2D eigenvalue weighted by Crippen LogP contribution is -2.18. The zero-order valence-electron chi connectivity index (χ0n) is 8.38. The molecule has 1 aromatic rings. The van der Waals surface area contributed by atoms with Crippen LogP contribution in [0.2, 0.25) is 0 Å². The molecule has 0 saturated carbocycles. The van der Waals surface area contributed by atoms with Gasteiger partial charge in [0.25, 0.3) is 0 Å². The number of ether oxygens (including phenoxy) is 1. The average molecular weight is 238 g/mol. The van der Waals surface area contributed by atoms with Crippen LogP contribution in [0.25, 0.3) is 0 Å². The summed E-state index contributed by atoms with van der Waals surface area (Å²) < 4.78 is 52.2. The molecule has 0 aliphatic heterocycles. The van der Waals surface area contributed by atoms with Crippen molar-refractivity contribution in [1.29, 1.82) is 0 Å². The molecule has 0 amide bonds. The van der Waals surface area contributed by atoms with Crippen LogP contribution in [-0.2, 0) is 0 Å². The summed E-state index contributed by atoms with van der Waals surface area (Å²) >= 11 is 0. The van der Waals surface area contributed by atoms with E-state index >= 15 is 0 Å².